The molecule has 0 saturated heterocycles. The van der Waals surface area contributed by atoms with Crippen molar-refractivity contribution in [3.8, 4) is 12.3 Å². The predicted molar refractivity (Wildman–Crippen MR) is 27.2 cm³/mol. The van der Waals surface area contributed by atoms with Gasteiger partial charge in [0.25, 0.3) is 0 Å². The molecule has 0 aliphatic carbocycles. The van der Waals surface area contributed by atoms with Crippen molar-refractivity contribution in [1.29, 1.82) is 0 Å². The Labute approximate surface area is 38.2 Å². The second kappa shape index (κ2) is 4.08. The maximum absolute atomic E-state index is 4.87. The highest BCUT2D eigenvalue weighted by molar-refractivity contribution is 4.94. The average molecular weight is 78.1 g/mol. The van der Waals surface area contributed by atoms with Crippen LogP contribution in [0.5, 0.6) is 0 Å². The zero-order chi connectivity index (χ0) is 4.83. The molecule has 0 aliphatic heterocycles. The first-order valence-corrected chi connectivity index (χ1v) is 1.69. The summed E-state index contributed by atoms with van der Waals surface area (Å²) in [7, 11) is 0. The minimum absolute atomic E-state index is 0.642. The van der Waals surface area contributed by atoms with Gasteiger partial charge in [-0.2, -0.15) is 0 Å². The maximum atomic E-state index is 4.87. The molecule has 0 heteroatoms. The quantitative estimate of drug-likeness (QED) is 0.328. The summed E-state index contributed by atoms with van der Waals surface area (Å²) in [5.41, 5.74) is 2.55. The van der Waals surface area contributed by atoms with Crippen LogP contribution >= 0.6 is 0 Å². The van der Waals surface area contributed by atoms with Gasteiger partial charge in [-0.3, -0.25) is 0 Å². The van der Waals surface area contributed by atoms with E-state index >= 15 is 0 Å². The van der Waals surface area contributed by atoms with E-state index in [9.17, 15) is 0 Å². The van der Waals surface area contributed by atoms with E-state index < -0.39 is 0 Å². The molecule has 0 nitrogen and oxygen atoms in total. The molecular weight excluding hydrogens is 72.1 g/mol. The molecule has 0 N–H and O–H groups in total. The Balaban J connectivity index is 3.16. The van der Waals surface area contributed by atoms with Crippen LogP contribution in [0.3, 0.4) is 0 Å². The summed E-state index contributed by atoms with van der Waals surface area (Å²) in [5.74, 6) is 2.41. The smallest absolute Gasteiger partial charge is 0.0342 e. The zero-order valence-corrected chi connectivity index (χ0v) is 3.57. The van der Waals surface area contributed by atoms with Gasteiger partial charge in [0.1, 0.15) is 0 Å². The van der Waals surface area contributed by atoms with Crippen molar-refractivity contribution in [3.05, 3.63) is 18.4 Å². The Kier molecular flexibility index (Phi) is 3.45. The van der Waals surface area contributed by atoms with E-state index in [1.807, 2.05) is 0 Å². The molecule has 0 amide bonds. The molecule has 0 heterocycles. The summed E-state index contributed by atoms with van der Waals surface area (Å²) in [6.07, 6.45) is 7.22. The monoisotopic (exact) mass is 78.0 g/mol. The first-order chi connectivity index (χ1) is 2.91. The molecule has 0 saturated carbocycles. The molecule has 0 atom stereocenters. The summed E-state index contributed by atoms with van der Waals surface area (Å²) in [5, 5.41) is 0. The van der Waals surface area contributed by atoms with Gasteiger partial charge in [0, 0.05) is 6.42 Å². The lowest BCUT2D eigenvalue weighted by Crippen LogP contribution is -1.47. The van der Waals surface area contributed by atoms with Crippen molar-refractivity contribution in [2.45, 2.75) is 6.42 Å². The summed E-state index contributed by atoms with van der Waals surface area (Å²) in [6, 6.07) is 0. The van der Waals surface area contributed by atoms with Crippen molar-refractivity contribution < 1.29 is 0 Å². The highest BCUT2D eigenvalue weighted by Gasteiger charge is 1.55. The Morgan fingerprint density at radius 3 is 2.67 bits per heavy atom. The van der Waals surface area contributed by atoms with Gasteiger partial charge in [-0.15, -0.1) is 18.1 Å². The van der Waals surface area contributed by atoms with Crippen LogP contribution in [0.2, 0.25) is 0 Å². The lowest BCUT2D eigenvalue weighted by Gasteiger charge is -1.61. The fourth-order valence-corrected chi connectivity index (χ4v) is 0.131. The van der Waals surface area contributed by atoms with Crippen LogP contribution in [0.15, 0.2) is 18.4 Å². The van der Waals surface area contributed by atoms with Gasteiger partial charge in [-0.25, -0.2) is 0 Å². The number of rotatable bonds is 1. The molecular formula is C6H6. The Bertz CT molecular complexity index is 97.7. The lowest BCUT2D eigenvalue weighted by molar-refractivity contribution is 1.49. The second-order valence-corrected chi connectivity index (χ2v) is 0.816. The molecule has 0 radical (unpaired) electrons. The summed E-state index contributed by atoms with van der Waals surface area (Å²) >= 11 is 0. The Hall–Kier alpha value is -0.920. The van der Waals surface area contributed by atoms with Gasteiger partial charge in [0.2, 0.25) is 0 Å². The van der Waals surface area contributed by atoms with Crippen LogP contribution in [0.4, 0.5) is 0 Å². The van der Waals surface area contributed by atoms with E-state index in [4.69, 9.17) is 6.42 Å². The summed E-state index contributed by atoms with van der Waals surface area (Å²) < 4.78 is 0. The highest BCUT2D eigenvalue weighted by Crippen LogP contribution is 1.70. The third-order valence-electron chi connectivity index (χ3n) is 0.364. The van der Waals surface area contributed by atoms with Gasteiger partial charge >= 0.3 is 0 Å². The van der Waals surface area contributed by atoms with Crippen LogP contribution < -0.4 is 0 Å². The predicted octanol–water partition coefficient (Wildman–Crippen LogP) is 1.35. The number of hydrogen-bond donors (Lipinski definition) is 0. The van der Waals surface area contributed by atoms with Crippen LogP contribution in [0.25, 0.3) is 0 Å². The van der Waals surface area contributed by atoms with E-state index in [-0.39, 0.29) is 0 Å². The first kappa shape index (κ1) is 5.08. The number of hydrogen-bond acceptors (Lipinski definition) is 0. The molecule has 0 aromatic rings. The topological polar surface area (TPSA) is 0 Å². The molecule has 6 heavy (non-hydrogen) atoms. The number of allylic oxidation sites excluding steroid dienone is 1. The van der Waals surface area contributed by atoms with E-state index in [2.05, 4.69) is 18.2 Å². The third-order valence-corrected chi connectivity index (χ3v) is 0.364. The normalized spacial score (nSPS) is 5.17. The Morgan fingerprint density at radius 2 is 2.50 bits per heavy atom. The SMILES string of the molecule is C#CCC=C=C. The molecule has 0 fully saturated rings. The van der Waals surface area contributed by atoms with Crippen molar-refractivity contribution in [1.82, 2.24) is 0 Å². The van der Waals surface area contributed by atoms with E-state index in [0.29, 0.717) is 6.42 Å². The van der Waals surface area contributed by atoms with Gasteiger partial charge in [-0.05, 0) is 6.08 Å². The van der Waals surface area contributed by atoms with Gasteiger partial charge in [0.05, 0.1) is 0 Å². The first-order valence-electron chi connectivity index (χ1n) is 1.69. The van der Waals surface area contributed by atoms with Crippen molar-refractivity contribution >= 4 is 0 Å². The molecule has 0 bridgehead atoms. The minimum Gasteiger partial charge on any atom is -0.132 e. The van der Waals surface area contributed by atoms with Gasteiger partial charge in [0.15, 0.2) is 0 Å². The third kappa shape index (κ3) is 3.08. The minimum atomic E-state index is 0.642. The summed E-state index contributed by atoms with van der Waals surface area (Å²) in [4.78, 5) is 0. The van der Waals surface area contributed by atoms with E-state index in [1.54, 1.807) is 6.08 Å². The molecule has 0 rings (SSSR count). The number of terminal acetylenes is 1. The van der Waals surface area contributed by atoms with E-state index in [1.165, 1.54) is 0 Å². The summed E-state index contributed by atoms with van der Waals surface area (Å²) in [6.45, 7) is 3.32. The van der Waals surface area contributed by atoms with Crippen molar-refractivity contribution in [2.24, 2.45) is 0 Å². The largest absolute Gasteiger partial charge is 0.132 e. The molecule has 0 aromatic carbocycles. The van der Waals surface area contributed by atoms with Gasteiger partial charge in [-0.1, -0.05) is 6.58 Å². The average Bonchev–Trinajstić information content (AvgIpc) is 1.61. The Morgan fingerprint density at radius 1 is 1.83 bits per heavy atom. The van der Waals surface area contributed by atoms with Crippen molar-refractivity contribution in [2.75, 3.05) is 0 Å². The molecule has 0 aromatic heterocycles. The van der Waals surface area contributed by atoms with Crippen LogP contribution in [-0.2, 0) is 0 Å². The molecule has 0 unspecified atom stereocenters. The molecule has 0 aliphatic rings. The lowest BCUT2D eigenvalue weighted by atomic mass is 10.4. The fraction of sp³-hybridized carbons (Fsp3) is 0.167. The van der Waals surface area contributed by atoms with Crippen molar-refractivity contribution in [3.63, 3.8) is 0 Å². The second-order valence-electron chi connectivity index (χ2n) is 0.816. The molecule has 30 valence electrons. The highest BCUT2D eigenvalue weighted by atomic mass is 13.6. The van der Waals surface area contributed by atoms with E-state index in [0.717, 1.165) is 0 Å². The fourth-order valence-electron chi connectivity index (χ4n) is 0.131. The molecule has 0 spiro atoms. The zero-order valence-electron chi connectivity index (χ0n) is 3.57. The van der Waals surface area contributed by atoms with Crippen LogP contribution in [0.1, 0.15) is 6.42 Å². The standard InChI is InChI=1S/C6H6/c1-3-5-6-4-2/h1,6H,2,5H2. The van der Waals surface area contributed by atoms with Gasteiger partial charge < -0.3 is 0 Å². The van der Waals surface area contributed by atoms with Crippen LogP contribution in [-0.4, -0.2) is 0 Å². The van der Waals surface area contributed by atoms with Crippen LogP contribution in [0, 0.1) is 12.3 Å². The maximum Gasteiger partial charge on any atom is 0.0342 e.